The molecule has 1 aliphatic carbocycles. The first-order valence-corrected chi connectivity index (χ1v) is 11.0. The van der Waals surface area contributed by atoms with Crippen LogP contribution in [0.1, 0.15) is 38.8 Å². The lowest BCUT2D eigenvalue weighted by molar-refractivity contribution is 0.282. The molecule has 168 valence electrons. The summed E-state index contributed by atoms with van der Waals surface area (Å²) in [5, 5.41) is 12.9. The van der Waals surface area contributed by atoms with Crippen molar-refractivity contribution >= 4 is 5.70 Å². The van der Waals surface area contributed by atoms with Crippen LogP contribution in [-0.4, -0.2) is 16.1 Å². The Kier molecular flexibility index (Phi) is 7.65. The van der Waals surface area contributed by atoms with Crippen molar-refractivity contribution in [3.63, 3.8) is 0 Å². The highest BCUT2D eigenvalue weighted by Gasteiger charge is 2.28. The lowest BCUT2D eigenvalue weighted by Crippen LogP contribution is -2.33. The molecule has 0 unspecified atom stereocenters. The number of phenols is 1. The molecule has 1 heterocycles. The van der Waals surface area contributed by atoms with Gasteiger partial charge in [0.2, 0.25) is 0 Å². The first kappa shape index (κ1) is 23.5. The third kappa shape index (κ3) is 5.54. The highest BCUT2D eigenvalue weighted by Crippen LogP contribution is 2.36. The average Bonchev–Trinajstić information content (AvgIpc) is 2.75. The molecule has 3 atom stereocenters. The second kappa shape index (κ2) is 10.4. The summed E-state index contributed by atoms with van der Waals surface area (Å²) in [5.41, 5.74) is 10.4. The van der Waals surface area contributed by atoms with E-state index in [0.717, 1.165) is 36.6 Å². The van der Waals surface area contributed by atoms with Gasteiger partial charge in [0.05, 0.1) is 17.1 Å². The summed E-state index contributed by atoms with van der Waals surface area (Å²) in [6, 6.07) is 9.61. The summed E-state index contributed by atoms with van der Waals surface area (Å²) in [5.74, 6) is 0.256. The highest BCUT2D eigenvalue weighted by atomic mass is 19.1. The SMILES string of the molecule is C=C/C=C(\C(=C/C)NC(=C)c1cccc(-c2ccc(O)cc2F)n1)[C@@H]1C[C@H](C)C[C@H](N)C1. The summed E-state index contributed by atoms with van der Waals surface area (Å²) >= 11 is 0. The van der Waals surface area contributed by atoms with Crippen molar-refractivity contribution in [2.24, 2.45) is 17.6 Å². The zero-order chi connectivity index (χ0) is 23.3. The van der Waals surface area contributed by atoms with Crippen molar-refractivity contribution < 1.29 is 9.50 Å². The molecule has 1 aromatic heterocycles. The second-order valence-corrected chi connectivity index (χ2v) is 8.51. The molecule has 0 saturated heterocycles. The number of rotatable bonds is 7. The van der Waals surface area contributed by atoms with Gasteiger partial charge in [-0.05, 0) is 67.9 Å². The van der Waals surface area contributed by atoms with E-state index >= 15 is 0 Å². The predicted molar refractivity (Wildman–Crippen MR) is 130 cm³/mol. The van der Waals surface area contributed by atoms with Crippen molar-refractivity contribution in [1.82, 2.24) is 10.3 Å². The first-order valence-electron chi connectivity index (χ1n) is 11.0. The Morgan fingerprint density at radius 3 is 2.69 bits per heavy atom. The Bertz CT molecular complexity index is 1050. The second-order valence-electron chi connectivity index (χ2n) is 8.51. The number of hydrogen-bond donors (Lipinski definition) is 3. The zero-order valence-corrected chi connectivity index (χ0v) is 18.8. The maximum Gasteiger partial charge on any atom is 0.136 e. The lowest BCUT2D eigenvalue weighted by Gasteiger charge is -2.34. The van der Waals surface area contributed by atoms with Crippen LogP contribution in [0.4, 0.5) is 4.39 Å². The van der Waals surface area contributed by atoms with E-state index in [2.05, 4.69) is 30.4 Å². The molecule has 0 aliphatic heterocycles. The van der Waals surface area contributed by atoms with Gasteiger partial charge in [0.25, 0.3) is 0 Å². The smallest absolute Gasteiger partial charge is 0.136 e. The van der Waals surface area contributed by atoms with Crippen molar-refractivity contribution in [2.75, 3.05) is 0 Å². The van der Waals surface area contributed by atoms with E-state index in [0.29, 0.717) is 34.5 Å². The summed E-state index contributed by atoms with van der Waals surface area (Å²) in [6.07, 6.45) is 8.93. The average molecular weight is 434 g/mol. The van der Waals surface area contributed by atoms with Crippen LogP contribution in [0.3, 0.4) is 0 Å². The molecule has 1 aliphatic rings. The molecular formula is C27H32FN3O. The molecule has 0 radical (unpaired) electrons. The van der Waals surface area contributed by atoms with Crippen LogP contribution in [0, 0.1) is 17.7 Å². The standard InChI is InChI=1S/C27H32FN3O/c1-5-8-22(19-13-17(3)14-20(29)15-19)25(6-2)30-18(4)26-9-7-10-27(31-26)23-12-11-21(32)16-24(23)28/h5-12,16-17,19-20,30,32H,1,4,13-15,29H2,2-3H3/b22-8-,25-6+/t17-,19+,20-/m0/s1. The molecule has 2 aromatic rings. The van der Waals surface area contributed by atoms with Gasteiger partial charge in [0.15, 0.2) is 0 Å². The fourth-order valence-electron chi connectivity index (χ4n) is 4.49. The van der Waals surface area contributed by atoms with E-state index in [1.165, 1.54) is 12.1 Å². The van der Waals surface area contributed by atoms with E-state index in [4.69, 9.17) is 5.73 Å². The number of hydrogen-bond acceptors (Lipinski definition) is 4. The molecule has 5 heteroatoms. The van der Waals surface area contributed by atoms with Crippen molar-refractivity contribution in [1.29, 1.82) is 0 Å². The third-order valence-electron chi connectivity index (χ3n) is 5.89. The number of nitrogens with two attached hydrogens (primary N) is 1. The fourth-order valence-corrected chi connectivity index (χ4v) is 4.49. The number of phenolic OH excluding ortho intramolecular Hbond substituents is 1. The van der Waals surface area contributed by atoms with Crippen LogP contribution >= 0.6 is 0 Å². The summed E-state index contributed by atoms with van der Waals surface area (Å²) in [4.78, 5) is 4.59. The number of nitrogens with zero attached hydrogens (tertiary/aromatic N) is 1. The number of benzene rings is 1. The molecule has 0 spiro atoms. The van der Waals surface area contributed by atoms with Gasteiger partial charge in [0.1, 0.15) is 11.6 Å². The maximum atomic E-state index is 14.3. The predicted octanol–water partition coefficient (Wildman–Crippen LogP) is 5.93. The maximum absolute atomic E-state index is 14.3. The van der Waals surface area contributed by atoms with Crippen molar-refractivity contribution in [3.8, 4) is 17.0 Å². The molecule has 0 bridgehead atoms. The quantitative estimate of drug-likeness (QED) is 0.473. The molecule has 1 fully saturated rings. The molecule has 32 heavy (non-hydrogen) atoms. The number of allylic oxidation sites excluding steroid dienone is 4. The largest absolute Gasteiger partial charge is 0.508 e. The van der Waals surface area contributed by atoms with Crippen LogP contribution < -0.4 is 11.1 Å². The molecule has 4 N–H and O–H groups in total. The Labute approximate surface area is 190 Å². The minimum atomic E-state index is -0.527. The van der Waals surface area contributed by atoms with E-state index in [1.807, 2.05) is 31.2 Å². The van der Waals surface area contributed by atoms with Gasteiger partial charge in [-0.15, -0.1) is 0 Å². The Hall–Kier alpha value is -3.18. The Balaban J connectivity index is 1.84. The van der Waals surface area contributed by atoms with Gasteiger partial charge < -0.3 is 16.2 Å². The monoisotopic (exact) mass is 433 g/mol. The van der Waals surface area contributed by atoms with E-state index < -0.39 is 5.82 Å². The normalized spacial score (nSPS) is 21.8. The summed E-state index contributed by atoms with van der Waals surface area (Å²) in [6.45, 7) is 12.3. The summed E-state index contributed by atoms with van der Waals surface area (Å²) < 4.78 is 14.3. The Morgan fingerprint density at radius 1 is 1.25 bits per heavy atom. The van der Waals surface area contributed by atoms with Crippen LogP contribution in [0.5, 0.6) is 5.75 Å². The zero-order valence-electron chi connectivity index (χ0n) is 18.8. The molecule has 1 aromatic carbocycles. The molecule has 4 nitrogen and oxygen atoms in total. The number of nitrogens with one attached hydrogen (secondary N) is 1. The van der Waals surface area contributed by atoms with E-state index in [-0.39, 0.29) is 11.8 Å². The van der Waals surface area contributed by atoms with Crippen LogP contribution in [0.25, 0.3) is 17.0 Å². The van der Waals surface area contributed by atoms with Crippen LogP contribution in [0.15, 0.2) is 79.1 Å². The molecule has 3 rings (SSSR count). The van der Waals surface area contributed by atoms with E-state index in [9.17, 15) is 9.50 Å². The van der Waals surface area contributed by atoms with Crippen LogP contribution in [0.2, 0.25) is 0 Å². The minimum Gasteiger partial charge on any atom is -0.508 e. The molecule has 1 saturated carbocycles. The number of halogens is 1. The number of aromatic hydroxyl groups is 1. The first-order chi connectivity index (χ1) is 15.3. The van der Waals surface area contributed by atoms with Gasteiger partial charge >= 0.3 is 0 Å². The molecular weight excluding hydrogens is 401 g/mol. The fraction of sp³-hybridized carbons (Fsp3) is 0.296. The number of aromatic nitrogens is 1. The van der Waals surface area contributed by atoms with Crippen molar-refractivity contribution in [2.45, 2.75) is 39.2 Å². The van der Waals surface area contributed by atoms with Gasteiger partial charge in [-0.2, -0.15) is 0 Å². The van der Waals surface area contributed by atoms with Gasteiger partial charge in [-0.1, -0.05) is 44.4 Å². The third-order valence-corrected chi connectivity index (χ3v) is 5.89. The lowest BCUT2D eigenvalue weighted by atomic mass is 9.75. The van der Waals surface area contributed by atoms with Gasteiger partial charge in [-0.25, -0.2) is 9.37 Å². The molecule has 0 amide bonds. The van der Waals surface area contributed by atoms with Crippen LogP contribution in [-0.2, 0) is 0 Å². The minimum absolute atomic E-state index is 0.121. The number of pyridine rings is 1. The van der Waals surface area contributed by atoms with Gasteiger partial charge in [-0.3, -0.25) is 0 Å². The topological polar surface area (TPSA) is 71.2 Å². The van der Waals surface area contributed by atoms with E-state index in [1.54, 1.807) is 12.1 Å². The van der Waals surface area contributed by atoms with Gasteiger partial charge in [0, 0.05) is 23.4 Å². The summed E-state index contributed by atoms with van der Waals surface area (Å²) in [7, 11) is 0. The highest BCUT2D eigenvalue weighted by molar-refractivity contribution is 5.67. The Morgan fingerprint density at radius 2 is 2.03 bits per heavy atom. The van der Waals surface area contributed by atoms with Crippen molar-refractivity contribution in [3.05, 3.63) is 90.6 Å².